The molecule has 2 amide bonds. The Morgan fingerprint density at radius 3 is 2.51 bits per heavy atom. The molecular weight excluding hydrogens is 555 g/mol. The molecule has 39 heavy (non-hydrogen) atoms. The van der Waals surface area contributed by atoms with Crippen molar-refractivity contribution < 1.29 is 32.6 Å². The van der Waals surface area contributed by atoms with E-state index in [1.165, 1.54) is 50.9 Å². The Labute approximate surface area is 227 Å². The average Bonchev–Trinajstić information content (AvgIpc) is 3.56. The maximum absolute atomic E-state index is 13.2. The number of nitrogens with one attached hydrogen (secondary N) is 1. The number of rotatable bonds is 6. The van der Waals surface area contributed by atoms with Crippen molar-refractivity contribution in [1.29, 1.82) is 0 Å². The molecule has 1 aliphatic rings. The van der Waals surface area contributed by atoms with Crippen molar-refractivity contribution in [2.45, 2.75) is 24.0 Å². The van der Waals surface area contributed by atoms with Crippen LogP contribution >= 0.6 is 11.3 Å². The Morgan fingerprint density at radius 2 is 1.87 bits per heavy atom. The van der Waals surface area contributed by atoms with E-state index in [0.717, 1.165) is 23.5 Å². The van der Waals surface area contributed by atoms with Crippen LogP contribution in [0.5, 0.6) is 0 Å². The molecule has 1 saturated heterocycles. The number of anilines is 2. The molecule has 0 saturated carbocycles. The maximum Gasteiger partial charge on any atom is 0.416 e. The number of aromatic nitrogens is 2. The number of piperazine rings is 1. The van der Waals surface area contributed by atoms with Crippen LogP contribution in [0, 0.1) is 0 Å². The standard InChI is InChI=1S/C25H22F3N5O4S2.H2/c1-16(32-10-8-17-2-3-18(14-21(17)32)25(26,27)28)23(35)31-11-12-33(22(34)15-31)19-4-6-20(7-5-19)39(36,37)30-24-29-9-13-38-24;/h2-10,13-14,16H,11-12,15H2,1H3,(H,29,30);1H/t16-;/m0./s1. The molecule has 2 aromatic heterocycles. The lowest BCUT2D eigenvalue weighted by atomic mass is 10.1. The minimum atomic E-state index is -4.51. The van der Waals surface area contributed by atoms with Crippen LogP contribution in [0.2, 0.25) is 0 Å². The van der Waals surface area contributed by atoms with Gasteiger partial charge < -0.3 is 14.4 Å². The lowest BCUT2D eigenvalue weighted by Crippen LogP contribution is -2.53. The zero-order chi connectivity index (χ0) is 27.9. The molecule has 1 aliphatic heterocycles. The molecule has 5 rings (SSSR count). The fourth-order valence-corrected chi connectivity index (χ4v) is 6.22. The Bertz CT molecular complexity index is 1640. The SMILES string of the molecule is C[C@@H](C(=O)N1CCN(c2ccc(S(=O)(=O)Nc3nccs3)cc2)C(=O)C1)n1ccc2ccc(C(F)(F)F)cc21.[HH]. The lowest BCUT2D eigenvalue weighted by Gasteiger charge is -2.35. The highest BCUT2D eigenvalue weighted by molar-refractivity contribution is 7.93. The Morgan fingerprint density at radius 1 is 1.13 bits per heavy atom. The molecule has 0 bridgehead atoms. The first-order chi connectivity index (χ1) is 18.4. The molecule has 1 atom stereocenters. The van der Waals surface area contributed by atoms with Crippen LogP contribution in [-0.4, -0.2) is 54.3 Å². The summed E-state index contributed by atoms with van der Waals surface area (Å²) < 4.78 is 68.6. The van der Waals surface area contributed by atoms with Crippen LogP contribution < -0.4 is 9.62 Å². The second-order valence-corrected chi connectivity index (χ2v) is 11.5. The van der Waals surface area contributed by atoms with E-state index in [4.69, 9.17) is 0 Å². The van der Waals surface area contributed by atoms with Crippen molar-refractivity contribution in [2.75, 3.05) is 29.3 Å². The first-order valence-electron chi connectivity index (χ1n) is 11.7. The van der Waals surface area contributed by atoms with E-state index in [1.54, 1.807) is 24.6 Å². The number of halogens is 3. The molecule has 14 heteroatoms. The van der Waals surface area contributed by atoms with Gasteiger partial charge in [0.2, 0.25) is 11.8 Å². The van der Waals surface area contributed by atoms with Crippen LogP contribution in [0.3, 0.4) is 0 Å². The van der Waals surface area contributed by atoms with Crippen LogP contribution in [0.1, 0.15) is 20.0 Å². The summed E-state index contributed by atoms with van der Waals surface area (Å²) in [5, 5.41) is 2.44. The number of thiazole rings is 1. The molecule has 206 valence electrons. The van der Waals surface area contributed by atoms with Gasteiger partial charge in [-0.2, -0.15) is 13.2 Å². The van der Waals surface area contributed by atoms with E-state index in [9.17, 15) is 31.2 Å². The van der Waals surface area contributed by atoms with Crippen LogP contribution in [0.15, 0.2) is 71.2 Å². The second-order valence-electron chi connectivity index (χ2n) is 8.91. The van der Waals surface area contributed by atoms with Gasteiger partial charge in [0.15, 0.2) is 5.13 Å². The summed E-state index contributed by atoms with van der Waals surface area (Å²) in [5.74, 6) is -0.761. The third kappa shape index (κ3) is 5.34. The summed E-state index contributed by atoms with van der Waals surface area (Å²) in [7, 11) is -3.85. The first-order valence-corrected chi connectivity index (χ1v) is 14.1. The highest BCUT2D eigenvalue weighted by Gasteiger charge is 2.33. The molecule has 1 N–H and O–H groups in total. The van der Waals surface area contributed by atoms with Gasteiger partial charge >= 0.3 is 6.18 Å². The number of amides is 2. The molecule has 2 aromatic carbocycles. The molecule has 4 aromatic rings. The molecule has 0 radical (unpaired) electrons. The number of alkyl halides is 3. The van der Waals surface area contributed by atoms with Crippen LogP contribution in [-0.2, 0) is 25.8 Å². The predicted molar refractivity (Wildman–Crippen MR) is 142 cm³/mol. The number of hydrogen-bond donors (Lipinski definition) is 1. The number of hydrogen-bond acceptors (Lipinski definition) is 6. The summed E-state index contributed by atoms with van der Waals surface area (Å²) in [6, 6.07) is 9.96. The van der Waals surface area contributed by atoms with E-state index in [1.807, 2.05) is 0 Å². The first kappa shape index (κ1) is 26.7. The van der Waals surface area contributed by atoms with Gasteiger partial charge in [-0.25, -0.2) is 13.4 Å². The highest BCUT2D eigenvalue weighted by Crippen LogP contribution is 2.33. The number of benzene rings is 2. The van der Waals surface area contributed by atoms with E-state index >= 15 is 0 Å². The number of fused-ring (bicyclic) bond motifs is 1. The van der Waals surface area contributed by atoms with Gasteiger partial charge in [-0.1, -0.05) is 6.07 Å². The zero-order valence-electron chi connectivity index (χ0n) is 20.4. The molecule has 0 spiro atoms. The van der Waals surface area contributed by atoms with Gasteiger partial charge in [0, 0.05) is 43.5 Å². The minimum absolute atomic E-state index is 0. The van der Waals surface area contributed by atoms with E-state index in [0.29, 0.717) is 11.1 Å². The Hall–Kier alpha value is -3.91. The third-order valence-corrected chi connectivity index (χ3v) is 8.64. The average molecular weight is 580 g/mol. The molecule has 3 heterocycles. The van der Waals surface area contributed by atoms with Gasteiger partial charge in [0.05, 0.1) is 10.5 Å². The molecular formula is C25H24F3N5O4S2. The lowest BCUT2D eigenvalue weighted by molar-refractivity contribution is -0.139. The van der Waals surface area contributed by atoms with E-state index < -0.39 is 33.7 Å². The van der Waals surface area contributed by atoms with Crippen molar-refractivity contribution in [3.8, 4) is 0 Å². The number of sulfonamides is 1. The smallest absolute Gasteiger partial charge is 0.335 e. The van der Waals surface area contributed by atoms with Gasteiger partial charge in [0.1, 0.15) is 12.6 Å². The van der Waals surface area contributed by atoms with Gasteiger partial charge in [-0.15, -0.1) is 11.3 Å². The summed E-state index contributed by atoms with van der Waals surface area (Å²) in [5.41, 5.74) is -0.0596. The Kier molecular flexibility index (Phi) is 6.84. The molecule has 9 nitrogen and oxygen atoms in total. The van der Waals surface area contributed by atoms with Crippen molar-refractivity contribution in [2.24, 2.45) is 0 Å². The summed E-state index contributed by atoms with van der Waals surface area (Å²) in [6.45, 7) is 1.73. The van der Waals surface area contributed by atoms with E-state index in [2.05, 4.69) is 9.71 Å². The van der Waals surface area contributed by atoms with Crippen LogP contribution in [0.4, 0.5) is 24.0 Å². The molecule has 0 aliphatic carbocycles. The van der Waals surface area contributed by atoms with Crippen molar-refractivity contribution in [1.82, 2.24) is 14.5 Å². The third-order valence-electron chi connectivity index (χ3n) is 6.47. The normalized spacial score (nSPS) is 15.5. The molecule has 1 fully saturated rings. The topological polar surface area (TPSA) is 105 Å². The van der Waals surface area contributed by atoms with Crippen molar-refractivity contribution >= 4 is 54.9 Å². The summed E-state index contributed by atoms with van der Waals surface area (Å²) in [6.07, 6.45) is -1.48. The minimum Gasteiger partial charge on any atom is -0.335 e. The fourth-order valence-electron chi connectivity index (χ4n) is 4.43. The Balaban J connectivity index is 0.00000370. The van der Waals surface area contributed by atoms with Gasteiger partial charge in [0.25, 0.3) is 10.0 Å². The number of nitrogens with zero attached hydrogens (tertiary/aromatic N) is 4. The molecule has 0 unspecified atom stereocenters. The van der Waals surface area contributed by atoms with Crippen molar-refractivity contribution in [3.63, 3.8) is 0 Å². The largest absolute Gasteiger partial charge is 0.416 e. The highest BCUT2D eigenvalue weighted by atomic mass is 32.2. The quantitative estimate of drug-likeness (QED) is 0.360. The van der Waals surface area contributed by atoms with Crippen molar-refractivity contribution in [3.05, 3.63) is 71.9 Å². The second kappa shape index (κ2) is 10.0. The van der Waals surface area contributed by atoms with Crippen LogP contribution in [0.25, 0.3) is 10.9 Å². The van der Waals surface area contributed by atoms with Gasteiger partial charge in [-0.3, -0.25) is 14.3 Å². The predicted octanol–water partition coefficient (Wildman–Crippen LogP) is 4.60. The summed E-state index contributed by atoms with van der Waals surface area (Å²) >= 11 is 1.14. The maximum atomic E-state index is 13.2. The number of carbonyl (C=O) groups is 2. The number of carbonyl (C=O) groups excluding carboxylic acids is 2. The van der Waals surface area contributed by atoms with Gasteiger partial charge in [-0.05, 0) is 54.8 Å². The summed E-state index contributed by atoms with van der Waals surface area (Å²) in [4.78, 5) is 32.9. The fraction of sp³-hybridized carbons (Fsp3) is 0.240. The van der Waals surface area contributed by atoms with E-state index in [-0.39, 0.29) is 42.5 Å². The zero-order valence-corrected chi connectivity index (χ0v) is 22.1. The monoisotopic (exact) mass is 579 g/mol.